The Hall–Kier alpha value is -1.39. The zero-order valence-electron chi connectivity index (χ0n) is 14.5. The third kappa shape index (κ3) is 4.37. The van der Waals surface area contributed by atoms with Gasteiger partial charge in [0.05, 0.1) is 12.0 Å². The Morgan fingerprint density at radius 3 is 2.54 bits per heavy atom. The number of hydrogen-bond donors (Lipinski definition) is 2. The van der Waals surface area contributed by atoms with Crippen molar-refractivity contribution in [3.05, 3.63) is 35.4 Å². The number of carboxylic acids is 1. The maximum absolute atomic E-state index is 11.1. The highest BCUT2D eigenvalue weighted by Gasteiger charge is 2.30. The smallest absolute Gasteiger partial charge is 0.306 e. The summed E-state index contributed by atoms with van der Waals surface area (Å²) >= 11 is 0. The lowest BCUT2D eigenvalue weighted by Crippen LogP contribution is -2.40. The number of rotatable bonds is 5. The quantitative estimate of drug-likeness (QED) is 0.864. The van der Waals surface area contributed by atoms with Crippen LogP contribution in [0, 0.1) is 18.8 Å². The predicted molar refractivity (Wildman–Crippen MR) is 94.0 cm³/mol. The highest BCUT2D eigenvalue weighted by Crippen LogP contribution is 2.34. The normalized spacial score (nSPS) is 30.9. The summed E-state index contributed by atoms with van der Waals surface area (Å²) in [4.78, 5) is 11.1. The molecule has 4 nitrogen and oxygen atoms in total. The fraction of sp³-hybridized carbons (Fsp3) is 0.650. The van der Waals surface area contributed by atoms with Gasteiger partial charge in [0.25, 0.3) is 0 Å². The number of hydrogen-bond acceptors (Lipinski definition) is 3. The van der Waals surface area contributed by atoms with E-state index in [1.165, 1.54) is 17.5 Å². The van der Waals surface area contributed by atoms with Crippen LogP contribution in [0.4, 0.5) is 0 Å². The number of aliphatic carboxylic acids is 1. The zero-order chi connectivity index (χ0) is 16.9. The van der Waals surface area contributed by atoms with Gasteiger partial charge in [-0.05, 0) is 51.0 Å². The van der Waals surface area contributed by atoms with E-state index >= 15 is 0 Å². The first-order chi connectivity index (χ1) is 11.6. The topological polar surface area (TPSA) is 58.6 Å². The van der Waals surface area contributed by atoms with Gasteiger partial charge in [-0.1, -0.05) is 29.8 Å². The molecule has 2 atom stereocenters. The standard InChI is InChI=1S/C20H29NO3/c1-14-4-6-15(7-5-14)19-17(3-2-12-24-19)13-21-18-10-8-16(9-11-18)20(22)23/h4-7,16-19,21H,2-3,8-13H2,1H3,(H,22,23). The first-order valence-electron chi connectivity index (χ1n) is 9.28. The fourth-order valence-corrected chi connectivity index (χ4v) is 4.04. The van der Waals surface area contributed by atoms with E-state index in [1.807, 2.05) is 0 Å². The van der Waals surface area contributed by atoms with Crippen molar-refractivity contribution in [2.45, 2.75) is 57.6 Å². The van der Waals surface area contributed by atoms with Crippen molar-refractivity contribution in [2.75, 3.05) is 13.2 Å². The van der Waals surface area contributed by atoms with E-state index in [2.05, 4.69) is 36.5 Å². The highest BCUT2D eigenvalue weighted by molar-refractivity contribution is 5.70. The monoisotopic (exact) mass is 331 g/mol. The molecule has 0 amide bonds. The second-order valence-corrected chi connectivity index (χ2v) is 7.40. The first kappa shape index (κ1) is 17.4. The van der Waals surface area contributed by atoms with E-state index in [1.54, 1.807) is 0 Å². The van der Waals surface area contributed by atoms with E-state index in [0.717, 1.165) is 45.3 Å². The van der Waals surface area contributed by atoms with Crippen molar-refractivity contribution >= 4 is 5.97 Å². The van der Waals surface area contributed by atoms with Gasteiger partial charge in [-0.2, -0.15) is 0 Å². The fourth-order valence-electron chi connectivity index (χ4n) is 4.04. The van der Waals surface area contributed by atoms with Gasteiger partial charge in [0.1, 0.15) is 0 Å². The highest BCUT2D eigenvalue weighted by atomic mass is 16.5. The van der Waals surface area contributed by atoms with Crippen LogP contribution in [0.3, 0.4) is 0 Å². The molecule has 4 heteroatoms. The minimum Gasteiger partial charge on any atom is -0.481 e. The summed E-state index contributed by atoms with van der Waals surface area (Å²) in [6, 6.07) is 9.16. The van der Waals surface area contributed by atoms with Crippen molar-refractivity contribution < 1.29 is 14.6 Å². The summed E-state index contributed by atoms with van der Waals surface area (Å²) in [6.07, 6.45) is 6.04. The summed E-state index contributed by atoms with van der Waals surface area (Å²) in [5.74, 6) is -0.270. The molecule has 1 aliphatic heterocycles. The second-order valence-electron chi connectivity index (χ2n) is 7.40. The Kier molecular flexibility index (Phi) is 5.90. The lowest BCUT2D eigenvalue weighted by molar-refractivity contribution is -0.142. The number of carbonyl (C=O) groups is 1. The summed E-state index contributed by atoms with van der Waals surface area (Å²) in [5.41, 5.74) is 2.56. The SMILES string of the molecule is Cc1ccc(C2OCCCC2CNC2CCC(C(=O)O)CC2)cc1. The minimum atomic E-state index is -0.631. The van der Waals surface area contributed by atoms with Gasteiger partial charge in [-0.25, -0.2) is 0 Å². The van der Waals surface area contributed by atoms with Crippen LogP contribution in [0.2, 0.25) is 0 Å². The predicted octanol–water partition coefficient (Wildman–Crippen LogP) is 3.70. The third-order valence-electron chi connectivity index (χ3n) is 5.60. The maximum atomic E-state index is 11.1. The number of carboxylic acid groups (broad SMARTS) is 1. The molecule has 0 spiro atoms. The summed E-state index contributed by atoms with van der Waals surface area (Å²) in [5, 5.41) is 12.8. The molecule has 2 unspecified atom stereocenters. The number of aryl methyl sites for hydroxylation is 1. The maximum Gasteiger partial charge on any atom is 0.306 e. The summed E-state index contributed by atoms with van der Waals surface area (Å²) in [6.45, 7) is 3.91. The van der Waals surface area contributed by atoms with Gasteiger partial charge in [-0.3, -0.25) is 4.79 Å². The molecule has 132 valence electrons. The number of nitrogens with one attached hydrogen (secondary N) is 1. The van der Waals surface area contributed by atoms with Crippen LogP contribution in [0.5, 0.6) is 0 Å². The van der Waals surface area contributed by atoms with Gasteiger partial charge < -0.3 is 15.2 Å². The molecular weight excluding hydrogens is 302 g/mol. The third-order valence-corrected chi connectivity index (χ3v) is 5.60. The molecular formula is C20H29NO3. The molecule has 0 aromatic heterocycles. The average molecular weight is 331 g/mol. The lowest BCUT2D eigenvalue weighted by Gasteiger charge is -2.34. The molecule has 2 N–H and O–H groups in total. The largest absolute Gasteiger partial charge is 0.481 e. The molecule has 1 saturated carbocycles. The molecule has 1 aromatic carbocycles. The van der Waals surface area contributed by atoms with E-state index in [-0.39, 0.29) is 12.0 Å². The molecule has 2 aliphatic rings. The molecule has 3 rings (SSSR count). The second kappa shape index (κ2) is 8.13. The Morgan fingerprint density at radius 2 is 1.88 bits per heavy atom. The Balaban J connectivity index is 1.53. The first-order valence-corrected chi connectivity index (χ1v) is 9.28. The minimum absolute atomic E-state index is 0.138. The molecule has 2 fully saturated rings. The average Bonchev–Trinajstić information content (AvgIpc) is 2.61. The Bertz CT molecular complexity index is 534. The van der Waals surface area contributed by atoms with Crippen LogP contribution in [0.25, 0.3) is 0 Å². The molecule has 1 aromatic rings. The molecule has 24 heavy (non-hydrogen) atoms. The van der Waals surface area contributed by atoms with Gasteiger partial charge in [0, 0.05) is 25.1 Å². The molecule has 1 saturated heterocycles. The van der Waals surface area contributed by atoms with E-state index < -0.39 is 5.97 Å². The van der Waals surface area contributed by atoms with Gasteiger partial charge in [0.2, 0.25) is 0 Å². The van der Waals surface area contributed by atoms with Crippen LogP contribution >= 0.6 is 0 Å². The van der Waals surface area contributed by atoms with Crippen LogP contribution < -0.4 is 5.32 Å². The Labute approximate surface area is 144 Å². The van der Waals surface area contributed by atoms with Crippen molar-refractivity contribution in [2.24, 2.45) is 11.8 Å². The van der Waals surface area contributed by atoms with Crippen molar-refractivity contribution in [1.82, 2.24) is 5.32 Å². The van der Waals surface area contributed by atoms with Crippen molar-refractivity contribution in [1.29, 1.82) is 0 Å². The summed E-state index contributed by atoms with van der Waals surface area (Å²) < 4.78 is 6.09. The zero-order valence-corrected chi connectivity index (χ0v) is 14.5. The van der Waals surface area contributed by atoms with Crippen LogP contribution in [-0.4, -0.2) is 30.3 Å². The summed E-state index contributed by atoms with van der Waals surface area (Å²) in [7, 11) is 0. The van der Waals surface area contributed by atoms with E-state index in [0.29, 0.717) is 12.0 Å². The van der Waals surface area contributed by atoms with Gasteiger partial charge >= 0.3 is 5.97 Å². The molecule has 0 bridgehead atoms. The van der Waals surface area contributed by atoms with Gasteiger partial charge in [0.15, 0.2) is 0 Å². The molecule has 1 heterocycles. The number of ether oxygens (including phenoxy) is 1. The van der Waals surface area contributed by atoms with Crippen LogP contribution in [-0.2, 0) is 9.53 Å². The van der Waals surface area contributed by atoms with Crippen molar-refractivity contribution in [3.63, 3.8) is 0 Å². The van der Waals surface area contributed by atoms with Gasteiger partial charge in [-0.15, -0.1) is 0 Å². The lowest BCUT2D eigenvalue weighted by atomic mass is 9.85. The molecule has 1 aliphatic carbocycles. The molecule has 0 radical (unpaired) electrons. The van der Waals surface area contributed by atoms with Crippen molar-refractivity contribution in [3.8, 4) is 0 Å². The number of benzene rings is 1. The van der Waals surface area contributed by atoms with Crippen LogP contribution in [0.15, 0.2) is 24.3 Å². The van der Waals surface area contributed by atoms with E-state index in [4.69, 9.17) is 9.84 Å². The Morgan fingerprint density at radius 1 is 1.17 bits per heavy atom. The van der Waals surface area contributed by atoms with Crippen LogP contribution in [0.1, 0.15) is 55.8 Å². The van der Waals surface area contributed by atoms with E-state index in [9.17, 15) is 4.79 Å².